The summed E-state index contributed by atoms with van der Waals surface area (Å²) in [6.45, 7) is 5.03. The minimum Gasteiger partial charge on any atom is -0.351 e. The van der Waals surface area contributed by atoms with Crippen LogP contribution in [0.1, 0.15) is 13.8 Å². The molecule has 0 heterocycles. The Morgan fingerprint density at radius 1 is 1.33 bits per heavy atom. The number of hydrogen-bond acceptors (Lipinski definition) is 2. The lowest BCUT2D eigenvalue weighted by molar-refractivity contribution is -0.109. The zero-order chi connectivity index (χ0) is 7.11. The first-order valence-corrected chi connectivity index (χ1v) is 3.45. The minimum atomic E-state index is -0.346. The maximum absolute atomic E-state index is 5.35. The number of hydrogen-bond donors (Lipinski definition) is 0. The highest BCUT2D eigenvalue weighted by Gasteiger charge is 2.03. The van der Waals surface area contributed by atoms with Crippen LogP contribution in [0.25, 0.3) is 0 Å². The molecule has 0 atom stereocenters. The Balaban J connectivity index is 3.18. The van der Waals surface area contributed by atoms with Gasteiger partial charge in [-0.15, -0.1) is 11.6 Å². The summed E-state index contributed by atoms with van der Waals surface area (Å²) in [6, 6.07) is 0. The van der Waals surface area contributed by atoms with E-state index in [9.17, 15) is 0 Å². The molecule has 0 aliphatic rings. The molecule has 2 nitrogen and oxygen atoms in total. The molecule has 0 saturated heterocycles. The summed E-state index contributed by atoms with van der Waals surface area (Å²) >= 11 is 5.35. The van der Waals surface area contributed by atoms with Crippen LogP contribution in [0.5, 0.6) is 0 Å². The number of ether oxygens (including phenoxy) is 2. The van der Waals surface area contributed by atoms with Gasteiger partial charge in [-0.2, -0.15) is 0 Å². The molecule has 0 spiro atoms. The van der Waals surface area contributed by atoms with Crippen LogP contribution in [-0.4, -0.2) is 19.5 Å². The highest BCUT2D eigenvalue weighted by atomic mass is 35.5. The van der Waals surface area contributed by atoms with Crippen molar-refractivity contribution in [2.24, 2.45) is 0 Å². The highest BCUT2D eigenvalue weighted by Crippen LogP contribution is 2.01. The smallest absolute Gasteiger partial charge is 0.175 e. The fraction of sp³-hybridized carbons (Fsp3) is 0.833. The molecule has 0 fully saturated rings. The average molecular weight is 152 g/mol. The van der Waals surface area contributed by atoms with Gasteiger partial charge in [0, 0.05) is 13.2 Å². The zero-order valence-corrected chi connectivity index (χ0v) is 6.52. The quantitative estimate of drug-likeness (QED) is 0.558. The van der Waals surface area contributed by atoms with E-state index < -0.39 is 0 Å². The van der Waals surface area contributed by atoms with Gasteiger partial charge in [-0.05, 0) is 13.8 Å². The van der Waals surface area contributed by atoms with Crippen LogP contribution < -0.4 is 0 Å². The van der Waals surface area contributed by atoms with Gasteiger partial charge < -0.3 is 9.47 Å². The Bertz CT molecular complexity index is 53.0. The van der Waals surface area contributed by atoms with Crippen molar-refractivity contribution in [2.75, 3.05) is 13.2 Å². The molecule has 0 saturated carbocycles. The molecule has 0 N–H and O–H groups in total. The van der Waals surface area contributed by atoms with Crippen molar-refractivity contribution in [1.29, 1.82) is 0 Å². The molecule has 3 heteroatoms. The standard InChI is InChI=1S/C6H12ClO2/c1-3-8-6(5-7)9-4-2/h5-6H,3-4H2,1-2H3. The third kappa shape index (κ3) is 4.70. The third-order valence-corrected chi connectivity index (χ3v) is 0.970. The fourth-order valence-corrected chi connectivity index (χ4v) is 0.595. The Morgan fingerprint density at radius 2 is 1.78 bits per heavy atom. The molecule has 0 unspecified atom stereocenters. The lowest BCUT2D eigenvalue weighted by Gasteiger charge is -2.11. The predicted octanol–water partition coefficient (Wildman–Crippen LogP) is 1.79. The highest BCUT2D eigenvalue weighted by molar-refractivity contribution is 6.23. The van der Waals surface area contributed by atoms with Crippen LogP contribution in [0.3, 0.4) is 0 Å². The molecule has 0 rings (SSSR count). The van der Waals surface area contributed by atoms with Gasteiger partial charge in [0.1, 0.15) is 5.88 Å². The SMILES string of the molecule is CCOC([CH]Cl)OCC. The first-order chi connectivity index (χ1) is 4.35. The van der Waals surface area contributed by atoms with Gasteiger partial charge in [-0.1, -0.05) is 0 Å². The van der Waals surface area contributed by atoms with E-state index in [0.29, 0.717) is 13.2 Å². The second-order valence-corrected chi connectivity index (χ2v) is 1.66. The second kappa shape index (κ2) is 6.33. The summed E-state index contributed by atoms with van der Waals surface area (Å²) in [5.74, 6) is 1.37. The third-order valence-electron chi connectivity index (χ3n) is 0.765. The lowest BCUT2D eigenvalue weighted by atomic mass is 10.7. The van der Waals surface area contributed by atoms with Gasteiger partial charge in [0.15, 0.2) is 6.29 Å². The number of rotatable bonds is 5. The molecule has 0 aromatic carbocycles. The fourth-order valence-electron chi connectivity index (χ4n) is 0.449. The van der Waals surface area contributed by atoms with E-state index >= 15 is 0 Å². The van der Waals surface area contributed by atoms with Crippen molar-refractivity contribution in [1.82, 2.24) is 0 Å². The van der Waals surface area contributed by atoms with Gasteiger partial charge in [0.05, 0.1) is 0 Å². The molecule has 0 aromatic heterocycles. The molecule has 55 valence electrons. The van der Waals surface area contributed by atoms with Crippen molar-refractivity contribution < 1.29 is 9.47 Å². The van der Waals surface area contributed by atoms with Crippen LogP contribution in [0, 0.1) is 5.88 Å². The van der Waals surface area contributed by atoms with Crippen LogP contribution in [0.4, 0.5) is 0 Å². The van der Waals surface area contributed by atoms with Crippen molar-refractivity contribution in [3.8, 4) is 0 Å². The van der Waals surface area contributed by atoms with Crippen LogP contribution in [0.15, 0.2) is 0 Å². The van der Waals surface area contributed by atoms with Crippen LogP contribution in [0.2, 0.25) is 0 Å². The van der Waals surface area contributed by atoms with Crippen molar-refractivity contribution in [2.45, 2.75) is 20.1 Å². The van der Waals surface area contributed by atoms with Crippen molar-refractivity contribution >= 4 is 11.6 Å². The Hall–Kier alpha value is 0.210. The molecule has 0 aliphatic carbocycles. The Labute approximate surface area is 61.1 Å². The van der Waals surface area contributed by atoms with Gasteiger partial charge in [-0.3, -0.25) is 0 Å². The van der Waals surface area contributed by atoms with Crippen LogP contribution >= 0.6 is 11.6 Å². The van der Waals surface area contributed by atoms with E-state index in [2.05, 4.69) is 0 Å². The van der Waals surface area contributed by atoms with E-state index in [1.54, 1.807) is 0 Å². The number of halogens is 1. The molecule has 0 aliphatic heterocycles. The largest absolute Gasteiger partial charge is 0.351 e. The van der Waals surface area contributed by atoms with E-state index in [-0.39, 0.29) is 6.29 Å². The molecular weight excluding hydrogens is 140 g/mol. The Kier molecular flexibility index (Phi) is 6.48. The van der Waals surface area contributed by atoms with Gasteiger partial charge in [0.25, 0.3) is 0 Å². The van der Waals surface area contributed by atoms with E-state index in [1.807, 2.05) is 13.8 Å². The Morgan fingerprint density at radius 3 is 2.00 bits per heavy atom. The molecule has 1 radical (unpaired) electrons. The zero-order valence-electron chi connectivity index (χ0n) is 5.76. The monoisotopic (exact) mass is 151 g/mol. The predicted molar refractivity (Wildman–Crippen MR) is 37.2 cm³/mol. The first kappa shape index (κ1) is 9.21. The summed E-state index contributed by atoms with van der Waals surface area (Å²) in [5.41, 5.74) is 0. The minimum absolute atomic E-state index is 0.346. The molecular formula is C6H12ClO2. The van der Waals surface area contributed by atoms with Gasteiger partial charge in [-0.25, -0.2) is 0 Å². The molecule has 0 aromatic rings. The van der Waals surface area contributed by atoms with Crippen molar-refractivity contribution in [3.63, 3.8) is 0 Å². The topological polar surface area (TPSA) is 18.5 Å². The first-order valence-electron chi connectivity index (χ1n) is 3.01. The summed E-state index contributed by atoms with van der Waals surface area (Å²) < 4.78 is 10.0. The summed E-state index contributed by atoms with van der Waals surface area (Å²) in [5, 5.41) is 0. The molecule has 0 amide bonds. The average Bonchev–Trinajstić information content (AvgIpc) is 1.88. The normalized spacial score (nSPS) is 10.7. The van der Waals surface area contributed by atoms with E-state index in [1.165, 1.54) is 5.88 Å². The maximum Gasteiger partial charge on any atom is 0.175 e. The van der Waals surface area contributed by atoms with Gasteiger partial charge >= 0.3 is 0 Å². The lowest BCUT2D eigenvalue weighted by Crippen LogP contribution is -2.15. The molecule has 9 heavy (non-hydrogen) atoms. The van der Waals surface area contributed by atoms with Gasteiger partial charge in [0.2, 0.25) is 0 Å². The van der Waals surface area contributed by atoms with E-state index in [4.69, 9.17) is 21.1 Å². The maximum atomic E-state index is 5.35. The van der Waals surface area contributed by atoms with E-state index in [0.717, 1.165) is 0 Å². The molecule has 0 bridgehead atoms. The summed E-state index contributed by atoms with van der Waals surface area (Å²) in [7, 11) is 0. The summed E-state index contributed by atoms with van der Waals surface area (Å²) in [4.78, 5) is 0. The van der Waals surface area contributed by atoms with Crippen molar-refractivity contribution in [3.05, 3.63) is 5.88 Å². The second-order valence-electron chi connectivity index (χ2n) is 1.41. The summed E-state index contributed by atoms with van der Waals surface area (Å²) in [6.07, 6.45) is -0.346. The van der Waals surface area contributed by atoms with Crippen LogP contribution in [-0.2, 0) is 9.47 Å².